The van der Waals surface area contributed by atoms with Crippen LogP contribution in [0.15, 0.2) is 59.7 Å². The summed E-state index contributed by atoms with van der Waals surface area (Å²) in [5.74, 6) is 0.192. The highest BCUT2D eigenvalue weighted by atomic mass is 19.1. The molecule has 1 saturated heterocycles. The third kappa shape index (κ3) is 3.98. The molecule has 0 spiro atoms. The normalized spacial score (nSPS) is 16.3. The molecule has 0 radical (unpaired) electrons. The van der Waals surface area contributed by atoms with Crippen LogP contribution < -0.4 is 5.56 Å². The first-order chi connectivity index (χ1) is 13.6. The molecule has 3 aromatic rings. The van der Waals surface area contributed by atoms with Crippen molar-refractivity contribution in [1.29, 1.82) is 0 Å². The lowest BCUT2D eigenvalue weighted by molar-refractivity contribution is -0.129. The van der Waals surface area contributed by atoms with E-state index in [2.05, 4.69) is 15.0 Å². The van der Waals surface area contributed by atoms with Crippen LogP contribution in [0.3, 0.4) is 0 Å². The minimum atomic E-state index is -0.317. The van der Waals surface area contributed by atoms with Crippen LogP contribution in [0.25, 0.3) is 11.4 Å². The number of rotatable bonds is 4. The van der Waals surface area contributed by atoms with Gasteiger partial charge >= 0.3 is 0 Å². The van der Waals surface area contributed by atoms with Gasteiger partial charge in [0, 0.05) is 43.0 Å². The summed E-state index contributed by atoms with van der Waals surface area (Å²) < 4.78 is 13.0. The molecule has 0 unspecified atom stereocenters. The summed E-state index contributed by atoms with van der Waals surface area (Å²) in [5, 5.41) is 0. The first-order valence-corrected chi connectivity index (χ1v) is 9.12. The quantitative estimate of drug-likeness (QED) is 0.757. The SMILES string of the molecule is O=C(Cc1ccc(F)cc1)N1CC[C@@H](c2cc(=O)[nH]c(-c3ccncc3)n2)C1. The molecule has 1 amide bonds. The van der Waals surface area contributed by atoms with Crippen molar-refractivity contribution >= 4 is 5.91 Å². The van der Waals surface area contributed by atoms with Crippen molar-refractivity contribution in [3.8, 4) is 11.4 Å². The van der Waals surface area contributed by atoms with Crippen LogP contribution in [-0.4, -0.2) is 38.8 Å². The van der Waals surface area contributed by atoms with Gasteiger partial charge in [0.15, 0.2) is 0 Å². The molecule has 0 bridgehead atoms. The Morgan fingerprint density at radius 2 is 1.93 bits per heavy atom. The van der Waals surface area contributed by atoms with Crippen LogP contribution in [0.1, 0.15) is 23.6 Å². The molecule has 0 saturated carbocycles. The van der Waals surface area contributed by atoms with E-state index in [0.29, 0.717) is 24.6 Å². The highest BCUT2D eigenvalue weighted by molar-refractivity contribution is 5.79. The van der Waals surface area contributed by atoms with E-state index >= 15 is 0 Å². The average molecular weight is 378 g/mol. The maximum Gasteiger partial charge on any atom is 0.251 e. The molecule has 1 N–H and O–H groups in total. The van der Waals surface area contributed by atoms with E-state index in [1.165, 1.54) is 18.2 Å². The number of hydrogen-bond donors (Lipinski definition) is 1. The standard InChI is InChI=1S/C21H19FN4O2/c22-17-3-1-14(2-4-17)11-20(28)26-10-7-16(13-26)18-12-19(27)25-21(24-18)15-5-8-23-9-6-15/h1-6,8-9,12,16H,7,10-11,13H2,(H,24,25,27)/t16-/m1/s1. The molecule has 1 aliphatic heterocycles. The number of carbonyl (C=O) groups excluding carboxylic acids is 1. The fourth-order valence-electron chi connectivity index (χ4n) is 3.45. The Balaban J connectivity index is 1.48. The second-order valence-corrected chi connectivity index (χ2v) is 6.88. The Kier molecular flexibility index (Phi) is 4.97. The van der Waals surface area contributed by atoms with E-state index in [-0.39, 0.29) is 29.6 Å². The van der Waals surface area contributed by atoms with Gasteiger partial charge in [0.25, 0.3) is 5.56 Å². The molecule has 142 valence electrons. The Hall–Kier alpha value is -3.35. The highest BCUT2D eigenvalue weighted by Gasteiger charge is 2.28. The number of hydrogen-bond acceptors (Lipinski definition) is 4. The monoisotopic (exact) mass is 378 g/mol. The third-order valence-electron chi connectivity index (χ3n) is 4.94. The fraction of sp³-hybridized carbons (Fsp3) is 0.238. The number of nitrogens with one attached hydrogen (secondary N) is 1. The smallest absolute Gasteiger partial charge is 0.251 e. The van der Waals surface area contributed by atoms with Crippen molar-refractivity contribution in [3.05, 3.63) is 82.3 Å². The summed E-state index contributed by atoms with van der Waals surface area (Å²) in [6.07, 6.45) is 4.28. The predicted octanol–water partition coefficient (Wildman–Crippen LogP) is 2.53. The topological polar surface area (TPSA) is 79.0 Å². The summed E-state index contributed by atoms with van der Waals surface area (Å²) in [6.45, 7) is 1.13. The Morgan fingerprint density at radius 3 is 2.68 bits per heavy atom. The molecular formula is C21H19FN4O2. The lowest BCUT2D eigenvalue weighted by Crippen LogP contribution is -2.30. The molecule has 4 rings (SSSR count). The molecule has 0 aliphatic carbocycles. The second kappa shape index (κ2) is 7.72. The average Bonchev–Trinajstić information content (AvgIpc) is 3.20. The Bertz CT molecular complexity index is 1030. The molecule has 1 fully saturated rings. The molecule has 3 heterocycles. The van der Waals surface area contributed by atoms with Gasteiger partial charge in [-0.1, -0.05) is 12.1 Å². The number of H-pyrrole nitrogens is 1. The number of benzene rings is 1. The van der Waals surface area contributed by atoms with E-state index in [9.17, 15) is 14.0 Å². The van der Waals surface area contributed by atoms with Crippen molar-refractivity contribution in [2.24, 2.45) is 0 Å². The lowest BCUT2D eigenvalue weighted by Gasteiger charge is -2.16. The zero-order valence-corrected chi connectivity index (χ0v) is 15.1. The summed E-state index contributed by atoms with van der Waals surface area (Å²) in [7, 11) is 0. The van der Waals surface area contributed by atoms with E-state index in [1.807, 2.05) is 0 Å². The molecule has 6 nitrogen and oxygen atoms in total. The van der Waals surface area contributed by atoms with Gasteiger partial charge in [0.2, 0.25) is 5.91 Å². The van der Waals surface area contributed by atoms with Crippen LogP contribution in [0.2, 0.25) is 0 Å². The minimum Gasteiger partial charge on any atom is -0.342 e. The molecule has 1 atom stereocenters. The number of carbonyl (C=O) groups is 1. The first-order valence-electron chi connectivity index (χ1n) is 9.12. The minimum absolute atomic E-state index is 0.00620. The Morgan fingerprint density at radius 1 is 1.18 bits per heavy atom. The maximum absolute atomic E-state index is 13.0. The van der Waals surface area contributed by atoms with E-state index in [4.69, 9.17) is 0 Å². The van der Waals surface area contributed by atoms with Crippen molar-refractivity contribution in [2.45, 2.75) is 18.8 Å². The fourth-order valence-corrected chi connectivity index (χ4v) is 3.45. The maximum atomic E-state index is 13.0. The van der Waals surface area contributed by atoms with Crippen molar-refractivity contribution in [1.82, 2.24) is 19.9 Å². The van der Waals surface area contributed by atoms with Gasteiger partial charge in [-0.25, -0.2) is 9.37 Å². The summed E-state index contributed by atoms with van der Waals surface area (Å²) in [6, 6.07) is 11.0. The van der Waals surface area contributed by atoms with Crippen molar-refractivity contribution in [2.75, 3.05) is 13.1 Å². The van der Waals surface area contributed by atoms with E-state index < -0.39 is 0 Å². The number of aromatic nitrogens is 3. The van der Waals surface area contributed by atoms with Crippen molar-refractivity contribution in [3.63, 3.8) is 0 Å². The molecule has 2 aromatic heterocycles. The number of aromatic amines is 1. The van der Waals surface area contributed by atoms with Gasteiger partial charge in [-0.15, -0.1) is 0 Å². The van der Waals surface area contributed by atoms with Gasteiger partial charge in [-0.2, -0.15) is 0 Å². The molecule has 1 aliphatic rings. The van der Waals surface area contributed by atoms with Crippen LogP contribution in [0, 0.1) is 5.82 Å². The summed E-state index contributed by atoms with van der Waals surface area (Å²) in [4.78, 5) is 37.8. The van der Waals surface area contributed by atoms with Crippen molar-refractivity contribution < 1.29 is 9.18 Å². The lowest BCUT2D eigenvalue weighted by atomic mass is 10.0. The van der Waals surface area contributed by atoms with Gasteiger partial charge in [0.1, 0.15) is 11.6 Å². The molecule has 28 heavy (non-hydrogen) atoms. The number of nitrogens with zero attached hydrogens (tertiary/aromatic N) is 3. The Labute approximate surface area is 161 Å². The van der Waals surface area contributed by atoms with E-state index in [0.717, 1.165) is 17.5 Å². The number of amides is 1. The summed E-state index contributed by atoms with van der Waals surface area (Å²) >= 11 is 0. The van der Waals surface area contributed by atoms with Crippen LogP contribution in [0.4, 0.5) is 4.39 Å². The van der Waals surface area contributed by atoms with Crippen LogP contribution >= 0.6 is 0 Å². The number of halogens is 1. The van der Waals surface area contributed by atoms with Crippen LogP contribution in [0.5, 0.6) is 0 Å². The molecular weight excluding hydrogens is 359 g/mol. The first kappa shape index (κ1) is 18.0. The molecule has 7 heteroatoms. The van der Waals surface area contributed by atoms with Gasteiger partial charge < -0.3 is 9.88 Å². The van der Waals surface area contributed by atoms with Gasteiger partial charge in [-0.3, -0.25) is 14.6 Å². The van der Waals surface area contributed by atoms with E-state index in [1.54, 1.807) is 41.6 Å². The van der Waals surface area contributed by atoms with Gasteiger partial charge in [-0.05, 0) is 36.2 Å². The number of likely N-dealkylation sites (tertiary alicyclic amines) is 1. The third-order valence-corrected chi connectivity index (χ3v) is 4.94. The van der Waals surface area contributed by atoms with Crippen LogP contribution in [-0.2, 0) is 11.2 Å². The predicted molar refractivity (Wildman–Crippen MR) is 102 cm³/mol. The largest absolute Gasteiger partial charge is 0.342 e. The molecule has 1 aromatic carbocycles. The zero-order chi connectivity index (χ0) is 19.5. The van der Waals surface area contributed by atoms with Gasteiger partial charge in [0.05, 0.1) is 12.1 Å². The zero-order valence-electron chi connectivity index (χ0n) is 15.1. The second-order valence-electron chi connectivity index (χ2n) is 6.88. The summed E-state index contributed by atoms with van der Waals surface area (Å²) in [5.41, 5.74) is 2.04. The highest BCUT2D eigenvalue weighted by Crippen LogP contribution is 2.26. The number of pyridine rings is 1.